The molecule has 2 nitrogen and oxygen atoms in total. The van der Waals surface area contributed by atoms with E-state index in [0.717, 1.165) is 23.4 Å². The Balaban J connectivity index is 1.80. The average Bonchev–Trinajstić information content (AvgIpc) is 2.51. The normalized spacial score (nSPS) is 14.1. The minimum absolute atomic E-state index is 0.274. The van der Waals surface area contributed by atoms with Crippen molar-refractivity contribution in [3.8, 4) is 0 Å². The molecule has 3 rings (SSSR count). The van der Waals surface area contributed by atoms with Gasteiger partial charge in [-0.25, -0.2) is 4.39 Å². The van der Waals surface area contributed by atoms with Crippen LogP contribution in [-0.2, 0) is 6.54 Å². The molecule has 22 heavy (non-hydrogen) atoms. The van der Waals surface area contributed by atoms with Gasteiger partial charge in [0, 0.05) is 35.6 Å². The van der Waals surface area contributed by atoms with E-state index in [2.05, 4.69) is 17.1 Å². The Morgan fingerprint density at radius 1 is 1.14 bits per heavy atom. The molecule has 2 aromatic rings. The summed E-state index contributed by atoms with van der Waals surface area (Å²) in [4.78, 5) is 2.07. The van der Waals surface area contributed by atoms with Crippen molar-refractivity contribution in [3.05, 3.63) is 82.8 Å². The Bertz CT molecular complexity index is 735. The van der Waals surface area contributed by atoms with E-state index in [9.17, 15) is 4.39 Å². The number of rotatable bonds is 3. The van der Waals surface area contributed by atoms with Crippen molar-refractivity contribution in [1.29, 1.82) is 0 Å². The highest BCUT2D eigenvalue weighted by Crippen LogP contribution is 2.23. The third kappa shape index (κ3) is 3.31. The van der Waals surface area contributed by atoms with Crippen molar-refractivity contribution < 1.29 is 4.39 Å². The first-order valence-corrected chi connectivity index (χ1v) is 7.42. The molecule has 0 aromatic heterocycles. The molecule has 1 aliphatic rings. The van der Waals surface area contributed by atoms with Crippen LogP contribution in [-0.4, -0.2) is 11.4 Å². The number of halogens is 2. The standard InChI is InChI=1S/C18H16ClFN2/c19-16-6-3-15(18(20)10-16)12-22-9-1-2-14(11-22)13-4-7-17(21)8-5-13/h1-8,10-11H,9,12,21H2. The Hall–Kier alpha value is -2.26. The van der Waals surface area contributed by atoms with Crippen molar-refractivity contribution in [3.63, 3.8) is 0 Å². The number of allylic oxidation sites excluding steroid dienone is 2. The van der Waals surface area contributed by atoms with Gasteiger partial charge < -0.3 is 10.6 Å². The highest BCUT2D eigenvalue weighted by atomic mass is 35.5. The first-order chi connectivity index (χ1) is 10.6. The van der Waals surface area contributed by atoms with E-state index >= 15 is 0 Å². The largest absolute Gasteiger partial charge is 0.399 e. The van der Waals surface area contributed by atoms with Crippen LogP contribution < -0.4 is 5.73 Å². The van der Waals surface area contributed by atoms with E-state index < -0.39 is 0 Å². The highest BCUT2D eigenvalue weighted by Gasteiger charge is 2.10. The summed E-state index contributed by atoms with van der Waals surface area (Å²) in [5, 5.41) is 0.415. The maximum absolute atomic E-state index is 13.9. The lowest BCUT2D eigenvalue weighted by molar-refractivity contribution is 0.397. The van der Waals surface area contributed by atoms with E-state index in [4.69, 9.17) is 17.3 Å². The minimum atomic E-state index is -0.274. The molecular weight excluding hydrogens is 299 g/mol. The van der Waals surface area contributed by atoms with Crippen LogP contribution in [0.5, 0.6) is 0 Å². The van der Waals surface area contributed by atoms with Crippen LogP contribution in [0.2, 0.25) is 5.02 Å². The topological polar surface area (TPSA) is 29.3 Å². The molecule has 0 saturated heterocycles. The number of benzene rings is 2. The van der Waals surface area contributed by atoms with E-state index in [1.54, 1.807) is 12.1 Å². The molecule has 0 amide bonds. The van der Waals surface area contributed by atoms with Gasteiger partial charge in [-0.2, -0.15) is 0 Å². The zero-order valence-corrected chi connectivity index (χ0v) is 12.7. The van der Waals surface area contributed by atoms with Crippen molar-refractivity contribution in [2.75, 3.05) is 12.3 Å². The third-order valence-electron chi connectivity index (χ3n) is 3.59. The van der Waals surface area contributed by atoms with Gasteiger partial charge in [0.15, 0.2) is 0 Å². The van der Waals surface area contributed by atoms with Crippen molar-refractivity contribution in [2.24, 2.45) is 0 Å². The van der Waals surface area contributed by atoms with Gasteiger partial charge in [0.2, 0.25) is 0 Å². The number of hydrogen-bond acceptors (Lipinski definition) is 2. The van der Waals surface area contributed by atoms with E-state index in [-0.39, 0.29) is 5.82 Å². The maximum atomic E-state index is 13.9. The quantitative estimate of drug-likeness (QED) is 0.847. The summed E-state index contributed by atoms with van der Waals surface area (Å²) in [5.41, 5.74) is 9.26. The Morgan fingerprint density at radius 3 is 2.64 bits per heavy atom. The minimum Gasteiger partial charge on any atom is -0.399 e. The Labute approximate surface area is 134 Å². The van der Waals surface area contributed by atoms with E-state index in [1.165, 1.54) is 6.07 Å². The molecule has 0 aliphatic carbocycles. The molecule has 1 heterocycles. The molecule has 0 spiro atoms. The molecular formula is C18H16ClFN2. The zero-order chi connectivity index (χ0) is 15.5. The summed E-state index contributed by atoms with van der Waals surface area (Å²) in [7, 11) is 0. The first-order valence-electron chi connectivity index (χ1n) is 7.04. The summed E-state index contributed by atoms with van der Waals surface area (Å²) >= 11 is 5.79. The molecule has 2 aromatic carbocycles. The molecule has 0 fully saturated rings. The fourth-order valence-corrected chi connectivity index (χ4v) is 2.59. The van der Waals surface area contributed by atoms with Crippen molar-refractivity contribution >= 4 is 22.9 Å². The van der Waals surface area contributed by atoms with Gasteiger partial charge in [-0.1, -0.05) is 42.0 Å². The lowest BCUT2D eigenvalue weighted by Gasteiger charge is -2.24. The lowest BCUT2D eigenvalue weighted by Crippen LogP contribution is -2.20. The van der Waals surface area contributed by atoms with Crippen LogP contribution in [0.1, 0.15) is 11.1 Å². The zero-order valence-electron chi connectivity index (χ0n) is 12.0. The van der Waals surface area contributed by atoms with Crippen LogP contribution in [0, 0.1) is 5.82 Å². The number of nitrogens with two attached hydrogens (primary N) is 1. The van der Waals surface area contributed by atoms with Gasteiger partial charge in [0.05, 0.1) is 0 Å². The number of nitrogens with zero attached hydrogens (tertiary/aromatic N) is 1. The molecule has 0 saturated carbocycles. The Morgan fingerprint density at radius 2 is 1.91 bits per heavy atom. The van der Waals surface area contributed by atoms with Gasteiger partial charge >= 0.3 is 0 Å². The lowest BCUT2D eigenvalue weighted by atomic mass is 10.0. The third-order valence-corrected chi connectivity index (χ3v) is 3.83. The van der Waals surface area contributed by atoms with Crippen LogP contribution >= 0.6 is 11.6 Å². The van der Waals surface area contributed by atoms with Gasteiger partial charge in [0.25, 0.3) is 0 Å². The first kappa shape index (κ1) is 14.7. The summed E-state index contributed by atoms with van der Waals surface area (Å²) in [5.74, 6) is -0.274. The van der Waals surface area contributed by atoms with Crippen molar-refractivity contribution in [1.82, 2.24) is 4.90 Å². The molecule has 112 valence electrons. The molecule has 2 N–H and O–H groups in total. The predicted octanol–water partition coefficient (Wildman–Crippen LogP) is 4.47. The van der Waals surface area contributed by atoms with E-state index in [0.29, 0.717) is 17.1 Å². The summed E-state index contributed by atoms with van der Waals surface area (Å²) in [6, 6.07) is 12.5. The summed E-state index contributed by atoms with van der Waals surface area (Å²) in [6.45, 7) is 1.26. The fraction of sp³-hybridized carbons (Fsp3) is 0.111. The smallest absolute Gasteiger partial charge is 0.129 e. The molecule has 0 unspecified atom stereocenters. The van der Waals surface area contributed by atoms with E-state index in [1.807, 2.05) is 30.5 Å². The molecule has 0 atom stereocenters. The van der Waals surface area contributed by atoms with Gasteiger partial charge in [-0.3, -0.25) is 0 Å². The number of anilines is 1. The van der Waals surface area contributed by atoms with Gasteiger partial charge in [0.1, 0.15) is 5.82 Å². The molecule has 4 heteroatoms. The summed E-state index contributed by atoms with van der Waals surface area (Å²) < 4.78 is 13.9. The summed E-state index contributed by atoms with van der Waals surface area (Å²) in [6.07, 6.45) is 6.18. The Kier molecular flexibility index (Phi) is 4.16. The predicted molar refractivity (Wildman–Crippen MR) is 89.8 cm³/mol. The number of nitrogen functional groups attached to an aromatic ring is 1. The SMILES string of the molecule is Nc1ccc(C2=CN(Cc3ccc(Cl)cc3F)CC=C2)cc1. The van der Waals surface area contributed by atoms with Gasteiger partial charge in [-0.15, -0.1) is 0 Å². The fourth-order valence-electron chi connectivity index (χ4n) is 2.43. The van der Waals surface area contributed by atoms with Gasteiger partial charge in [-0.05, 0) is 35.4 Å². The second-order valence-electron chi connectivity index (χ2n) is 5.27. The van der Waals surface area contributed by atoms with Crippen LogP contribution in [0.4, 0.5) is 10.1 Å². The van der Waals surface area contributed by atoms with Crippen LogP contribution in [0.25, 0.3) is 5.57 Å². The van der Waals surface area contributed by atoms with Crippen LogP contribution in [0.3, 0.4) is 0 Å². The second-order valence-corrected chi connectivity index (χ2v) is 5.71. The average molecular weight is 315 g/mol. The molecule has 0 bridgehead atoms. The van der Waals surface area contributed by atoms with Crippen molar-refractivity contribution in [2.45, 2.75) is 6.54 Å². The second kappa shape index (κ2) is 6.24. The highest BCUT2D eigenvalue weighted by molar-refractivity contribution is 6.30. The number of hydrogen-bond donors (Lipinski definition) is 1. The monoisotopic (exact) mass is 314 g/mol. The molecule has 1 aliphatic heterocycles. The van der Waals surface area contributed by atoms with Crippen LogP contribution in [0.15, 0.2) is 60.8 Å². The maximum Gasteiger partial charge on any atom is 0.129 e. The molecule has 0 radical (unpaired) electrons.